The zero-order chi connectivity index (χ0) is 21.0. The van der Waals surface area contributed by atoms with Gasteiger partial charge in [-0.05, 0) is 67.5 Å². The molecule has 0 bridgehead atoms. The van der Waals surface area contributed by atoms with Crippen LogP contribution < -0.4 is 26.0 Å². The van der Waals surface area contributed by atoms with Crippen molar-refractivity contribution in [3.63, 3.8) is 0 Å². The Bertz CT molecular complexity index is 841. The van der Waals surface area contributed by atoms with Crippen LogP contribution in [0.5, 0.6) is 5.75 Å². The molecule has 0 radical (unpaired) electrons. The van der Waals surface area contributed by atoms with Crippen LogP contribution in [0.15, 0.2) is 48.5 Å². The Labute approximate surface area is 186 Å². The maximum atomic E-state index is 6.09. The molecular weight excluding hydrogens is 384 g/mol. The second-order valence-corrected chi connectivity index (χ2v) is 9.49. The van der Waals surface area contributed by atoms with Crippen molar-refractivity contribution in [1.82, 2.24) is 10.6 Å². The monoisotopic (exact) mass is 420 g/mol. The predicted molar refractivity (Wildman–Crippen MR) is 127 cm³/mol. The fourth-order valence-electron chi connectivity index (χ4n) is 5.08. The number of piperazine rings is 1. The van der Waals surface area contributed by atoms with E-state index in [4.69, 9.17) is 10.5 Å². The first kappa shape index (κ1) is 20.8. The summed E-state index contributed by atoms with van der Waals surface area (Å²) in [5.41, 5.74) is 9.98. The van der Waals surface area contributed by atoms with Gasteiger partial charge in [-0.25, -0.2) is 0 Å². The van der Waals surface area contributed by atoms with Crippen LogP contribution in [-0.2, 0) is 6.61 Å². The zero-order valence-electron chi connectivity index (χ0n) is 18.4. The van der Waals surface area contributed by atoms with Crippen molar-refractivity contribution in [2.75, 3.05) is 31.1 Å². The van der Waals surface area contributed by atoms with Gasteiger partial charge in [0.2, 0.25) is 0 Å². The lowest BCUT2D eigenvalue weighted by molar-refractivity contribution is 0.306. The summed E-state index contributed by atoms with van der Waals surface area (Å²) in [5.74, 6) is 1.60. The molecule has 1 saturated heterocycles. The minimum absolute atomic E-state index is 0.421. The third-order valence-corrected chi connectivity index (χ3v) is 7.12. The number of ether oxygens (including phenoxy) is 1. The molecule has 0 aromatic heterocycles. The molecule has 2 atom stereocenters. The van der Waals surface area contributed by atoms with Gasteiger partial charge in [0.05, 0.1) is 0 Å². The Balaban J connectivity index is 1.10. The number of rotatable bonds is 7. The smallest absolute Gasteiger partial charge is 0.119 e. The molecule has 2 unspecified atom stereocenters. The molecule has 2 aromatic rings. The van der Waals surface area contributed by atoms with Crippen molar-refractivity contribution in [2.45, 2.75) is 62.8 Å². The summed E-state index contributed by atoms with van der Waals surface area (Å²) in [4.78, 5) is 2.44. The Kier molecular flexibility index (Phi) is 6.44. The average molecular weight is 421 g/mol. The first-order chi connectivity index (χ1) is 15.2. The summed E-state index contributed by atoms with van der Waals surface area (Å²) < 4.78 is 6.09. The minimum Gasteiger partial charge on any atom is -0.489 e. The number of hydrogen-bond acceptors (Lipinski definition) is 5. The fourth-order valence-corrected chi connectivity index (χ4v) is 5.08. The molecule has 3 fully saturated rings. The van der Waals surface area contributed by atoms with Gasteiger partial charge in [0, 0.05) is 55.9 Å². The maximum Gasteiger partial charge on any atom is 0.119 e. The van der Waals surface area contributed by atoms with E-state index in [1.165, 1.54) is 48.9 Å². The molecule has 2 aliphatic carbocycles. The lowest BCUT2D eigenvalue weighted by atomic mass is 9.92. The molecule has 0 spiro atoms. The maximum absolute atomic E-state index is 6.09. The highest BCUT2D eigenvalue weighted by molar-refractivity contribution is 5.49. The summed E-state index contributed by atoms with van der Waals surface area (Å²) >= 11 is 0. The summed E-state index contributed by atoms with van der Waals surface area (Å²) in [6.45, 7) is 4.85. The predicted octanol–water partition coefficient (Wildman–Crippen LogP) is 3.39. The van der Waals surface area contributed by atoms with Crippen LogP contribution in [0.25, 0.3) is 0 Å². The third kappa shape index (κ3) is 5.40. The highest BCUT2D eigenvalue weighted by Crippen LogP contribution is 2.42. The molecule has 1 heterocycles. The van der Waals surface area contributed by atoms with Crippen LogP contribution in [0.2, 0.25) is 0 Å². The van der Waals surface area contributed by atoms with Crippen LogP contribution in [0, 0.1) is 0 Å². The Morgan fingerprint density at radius 1 is 1.00 bits per heavy atom. The molecule has 166 valence electrons. The Morgan fingerprint density at radius 3 is 2.55 bits per heavy atom. The van der Waals surface area contributed by atoms with E-state index in [-0.39, 0.29) is 0 Å². The van der Waals surface area contributed by atoms with Gasteiger partial charge in [-0.3, -0.25) is 0 Å². The highest BCUT2D eigenvalue weighted by atomic mass is 16.5. The molecule has 0 amide bonds. The molecular formula is C26H36N4O. The van der Waals surface area contributed by atoms with E-state index in [9.17, 15) is 0 Å². The number of nitrogens with two attached hydrogens (primary N) is 1. The average Bonchev–Trinajstić information content (AvgIpc) is 3.59. The third-order valence-electron chi connectivity index (χ3n) is 7.12. The SMILES string of the molecule is NC1CCC(NC2CC2c2ccc(OCc3cccc(N4CCNCC4)c3)cc2)CC1. The van der Waals surface area contributed by atoms with Crippen LogP contribution in [0.1, 0.15) is 49.1 Å². The number of benzene rings is 2. The van der Waals surface area contributed by atoms with Crippen molar-refractivity contribution in [2.24, 2.45) is 5.73 Å². The van der Waals surface area contributed by atoms with E-state index >= 15 is 0 Å². The molecule has 31 heavy (non-hydrogen) atoms. The van der Waals surface area contributed by atoms with Gasteiger partial charge in [0.1, 0.15) is 12.4 Å². The van der Waals surface area contributed by atoms with E-state index in [1.807, 2.05) is 0 Å². The molecule has 5 rings (SSSR count). The van der Waals surface area contributed by atoms with Gasteiger partial charge in [-0.15, -0.1) is 0 Å². The normalized spacial score (nSPS) is 28.4. The topological polar surface area (TPSA) is 62.6 Å². The van der Waals surface area contributed by atoms with E-state index in [2.05, 4.69) is 64.1 Å². The fraction of sp³-hybridized carbons (Fsp3) is 0.538. The first-order valence-electron chi connectivity index (χ1n) is 12.0. The van der Waals surface area contributed by atoms with E-state index in [0.717, 1.165) is 31.9 Å². The second kappa shape index (κ2) is 9.60. The lowest BCUT2D eigenvalue weighted by Crippen LogP contribution is -2.43. The van der Waals surface area contributed by atoms with Crippen molar-refractivity contribution >= 4 is 5.69 Å². The van der Waals surface area contributed by atoms with Gasteiger partial charge in [-0.1, -0.05) is 24.3 Å². The van der Waals surface area contributed by atoms with E-state index < -0.39 is 0 Å². The van der Waals surface area contributed by atoms with Crippen molar-refractivity contribution in [3.05, 3.63) is 59.7 Å². The molecule has 1 aliphatic heterocycles. The van der Waals surface area contributed by atoms with Gasteiger partial charge >= 0.3 is 0 Å². The Morgan fingerprint density at radius 2 is 1.77 bits per heavy atom. The lowest BCUT2D eigenvalue weighted by Gasteiger charge is -2.29. The first-order valence-corrected chi connectivity index (χ1v) is 12.0. The number of anilines is 1. The van der Waals surface area contributed by atoms with E-state index in [1.54, 1.807) is 0 Å². The standard InChI is InChI=1S/C26H36N4O/c27-21-6-8-22(9-7-21)29-26-17-25(26)20-4-10-24(11-5-20)31-18-19-2-1-3-23(16-19)30-14-12-28-13-15-30/h1-5,10-11,16,21-22,25-26,28-29H,6-9,12-15,17-18,27H2. The van der Waals surface area contributed by atoms with E-state index in [0.29, 0.717) is 30.7 Å². The number of hydrogen-bond donors (Lipinski definition) is 3. The number of nitrogens with one attached hydrogen (secondary N) is 2. The molecule has 5 nitrogen and oxygen atoms in total. The molecule has 5 heteroatoms. The molecule has 2 aromatic carbocycles. The zero-order valence-corrected chi connectivity index (χ0v) is 18.4. The van der Waals surface area contributed by atoms with Gasteiger partial charge < -0.3 is 26.0 Å². The van der Waals surface area contributed by atoms with Crippen LogP contribution in [0.4, 0.5) is 5.69 Å². The summed E-state index contributed by atoms with van der Waals surface area (Å²) in [6, 6.07) is 19.2. The van der Waals surface area contributed by atoms with Crippen LogP contribution >= 0.6 is 0 Å². The molecule has 3 aliphatic rings. The van der Waals surface area contributed by atoms with Gasteiger partial charge in [0.15, 0.2) is 0 Å². The van der Waals surface area contributed by atoms with Crippen LogP contribution in [-0.4, -0.2) is 44.3 Å². The molecule has 4 N–H and O–H groups in total. The Hall–Kier alpha value is -2.08. The van der Waals surface area contributed by atoms with Crippen LogP contribution in [0.3, 0.4) is 0 Å². The van der Waals surface area contributed by atoms with Gasteiger partial charge in [-0.2, -0.15) is 0 Å². The quantitative estimate of drug-likeness (QED) is 0.641. The summed E-state index contributed by atoms with van der Waals surface area (Å²) in [6.07, 6.45) is 6.04. The van der Waals surface area contributed by atoms with Gasteiger partial charge in [0.25, 0.3) is 0 Å². The molecule has 2 saturated carbocycles. The van der Waals surface area contributed by atoms with Crippen molar-refractivity contribution in [3.8, 4) is 5.75 Å². The van der Waals surface area contributed by atoms with Crippen molar-refractivity contribution in [1.29, 1.82) is 0 Å². The largest absolute Gasteiger partial charge is 0.489 e. The number of nitrogens with zero attached hydrogens (tertiary/aromatic N) is 1. The summed E-state index contributed by atoms with van der Waals surface area (Å²) in [7, 11) is 0. The second-order valence-electron chi connectivity index (χ2n) is 9.49. The highest BCUT2D eigenvalue weighted by Gasteiger charge is 2.39. The van der Waals surface area contributed by atoms with Crippen molar-refractivity contribution < 1.29 is 4.74 Å². The summed E-state index contributed by atoms with van der Waals surface area (Å²) in [5, 5.41) is 7.27. The minimum atomic E-state index is 0.421.